The predicted octanol–water partition coefficient (Wildman–Crippen LogP) is 0.376. The number of piperazine rings is 1. The zero-order valence-corrected chi connectivity index (χ0v) is 9.34. The third-order valence-corrected chi connectivity index (χ3v) is 3.60. The summed E-state index contributed by atoms with van der Waals surface area (Å²) in [6.45, 7) is 7.51. The van der Waals surface area contributed by atoms with Crippen LogP contribution in [-0.4, -0.2) is 62.2 Å². The average molecular weight is 197 g/mol. The van der Waals surface area contributed by atoms with Crippen LogP contribution in [0.3, 0.4) is 0 Å². The molecule has 2 fully saturated rings. The fourth-order valence-corrected chi connectivity index (χ4v) is 2.55. The van der Waals surface area contributed by atoms with Crippen molar-refractivity contribution in [2.45, 2.75) is 25.3 Å². The summed E-state index contributed by atoms with van der Waals surface area (Å²) in [5.41, 5.74) is 0. The Morgan fingerprint density at radius 3 is 2.57 bits per heavy atom. The van der Waals surface area contributed by atoms with E-state index in [9.17, 15) is 0 Å². The highest BCUT2D eigenvalue weighted by atomic mass is 15.3. The van der Waals surface area contributed by atoms with E-state index < -0.39 is 0 Å². The Morgan fingerprint density at radius 1 is 1.00 bits per heavy atom. The van der Waals surface area contributed by atoms with Crippen molar-refractivity contribution >= 4 is 0 Å². The molecule has 0 aromatic rings. The Morgan fingerprint density at radius 2 is 1.79 bits per heavy atom. The summed E-state index contributed by atoms with van der Waals surface area (Å²) < 4.78 is 0. The standard InChI is InChI=1S/C11H23N3/c1-13-7-9-14(10-8-13)11-3-2-5-12-6-4-11/h11-12H,2-10H2,1H3. The summed E-state index contributed by atoms with van der Waals surface area (Å²) in [4.78, 5) is 5.14. The van der Waals surface area contributed by atoms with Gasteiger partial charge in [0.05, 0.1) is 0 Å². The number of hydrogen-bond donors (Lipinski definition) is 1. The molecule has 2 saturated heterocycles. The molecule has 3 heteroatoms. The molecule has 1 atom stereocenters. The lowest BCUT2D eigenvalue weighted by Gasteiger charge is -2.37. The maximum absolute atomic E-state index is 3.49. The number of nitrogens with one attached hydrogen (secondary N) is 1. The lowest BCUT2D eigenvalue weighted by atomic mass is 10.1. The number of nitrogens with zero attached hydrogens (tertiary/aromatic N) is 2. The monoisotopic (exact) mass is 197 g/mol. The van der Waals surface area contributed by atoms with Crippen molar-refractivity contribution in [1.82, 2.24) is 15.1 Å². The second kappa shape index (κ2) is 5.10. The van der Waals surface area contributed by atoms with E-state index in [0.29, 0.717) is 0 Å². The second-order valence-electron chi connectivity index (χ2n) is 4.67. The van der Waals surface area contributed by atoms with Crippen molar-refractivity contribution < 1.29 is 0 Å². The summed E-state index contributed by atoms with van der Waals surface area (Å²) in [5, 5.41) is 3.49. The van der Waals surface area contributed by atoms with E-state index in [1.54, 1.807) is 0 Å². The third kappa shape index (κ3) is 2.69. The highest BCUT2D eigenvalue weighted by Gasteiger charge is 2.22. The van der Waals surface area contributed by atoms with E-state index in [4.69, 9.17) is 0 Å². The zero-order valence-electron chi connectivity index (χ0n) is 9.34. The second-order valence-corrected chi connectivity index (χ2v) is 4.67. The van der Waals surface area contributed by atoms with Crippen LogP contribution in [-0.2, 0) is 0 Å². The molecule has 3 nitrogen and oxygen atoms in total. The first kappa shape index (κ1) is 10.4. The molecule has 0 aromatic heterocycles. The van der Waals surface area contributed by atoms with Gasteiger partial charge in [-0.05, 0) is 39.4 Å². The molecular weight excluding hydrogens is 174 g/mol. The number of hydrogen-bond acceptors (Lipinski definition) is 3. The summed E-state index contributed by atoms with van der Waals surface area (Å²) >= 11 is 0. The van der Waals surface area contributed by atoms with Gasteiger partial charge in [0.1, 0.15) is 0 Å². The number of rotatable bonds is 1. The molecular formula is C11H23N3. The van der Waals surface area contributed by atoms with Crippen molar-refractivity contribution in [2.24, 2.45) is 0 Å². The van der Waals surface area contributed by atoms with E-state index in [1.807, 2.05) is 0 Å². The minimum atomic E-state index is 0.860. The molecule has 14 heavy (non-hydrogen) atoms. The van der Waals surface area contributed by atoms with E-state index in [2.05, 4.69) is 22.2 Å². The Hall–Kier alpha value is -0.120. The predicted molar refractivity (Wildman–Crippen MR) is 59.6 cm³/mol. The Kier molecular flexibility index (Phi) is 3.79. The Labute approximate surface area is 87.4 Å². The van der Waals surface area contributed by atoms with Gasteiger partial charge in [0.25, 0.3) is 0 Å². The highest BCUT2D eigenvalue weighted by Crippen LogP contribution is 2.14. The quantitative estimate of drug-likeness (QED) is 0.655. The molecule has 0 bridgehead atoms. The van der Waals surface area contributed by atoms with Crippen molar-refractivity contribution in [1.29, 1.82) is 0 Å². The summed E-state index contributed by atoms with van der Waals surface area (Å²) in [6.07, 6.45) is 4.11. The molecule has 0 spiro atoms. The van der Waals surface area contributed by atoms with Gasteiger partial charge in [0.15, 0.2) is 0 Å². The van der Waals surface area contributed by atoms with Gasteiger partial charge in [0, 0.05) is 32.2 Å². The summed E-state index contributed by atoms with van der Waals surface area (Å²) in [6, 6.07) is 0.860. The molecule has 0 aliphatic carbocycles. The van der Waals surface area contributed by atoms with Crippen LogP contribution in [0.15, 0.2) is 0 Å². The summed E-state index contributed by atoms with van der Waals surface area (Å²) in [7, 11) is 2.23. The molecule has 0 saturated carbocycles. The molecule has 1 N–H and O–H groups in total. The molecule has 2 rings (SSSR count). The Bertz CT molecular complexity index is 156. The molecule has 0 aromatic carbocycles. The normalized spacial score (nSPS) is 32.8. The third-order valence-electron chi connectivity index (χ3n) is 3.60. The maximum atomic E-state index is 3.49. The van der Waals surface area contributed by atoms with Crippen LogP contribution in [0.4, 0.5) is 0 Å². The van der Waals surface area contributed by atoms with E-state index in [1.165, 1.54) is 58.5 Å². The first-order valence-electron chi connectivity index (χ1n) is 5.99. The average Bonchev–Trinajstić information content (AvgIpc) is 2.47. The van der Waals surface area contributed by atoms with Gasteiger partial charge in [-0.3, -0.25) is 4.90 Å². The van der Waals surface area contributed by atoms with Gasteiger partial charge in [0.2, 0.25) is 0 Å². The minimum Gasteiger partial charge on any atom is -0.317 e. The van der Waals surface area contributed by atoms with Gasteiger partial charge < -0.3 is 10.2 Å². The topological polar surface area (TPSA) is 18.5 Å². The van der Waals surface area contributed by atoms with Crippen molar-refractivity contribution in [3.63, 3.8) is 0 Å². The van der Waals surface area contributed by atoms with Crippen molar-refractivity contribution in [3.8, 4) is 0 Å². The maximum Gasteiger partial charge on any atom is 0.0113 e. The largest absolute Gasteiger partial charge is 0.317 e. The molecule has 1 unspecified atom stereocenters. The van der Waals surface area contributed by atoms with Gasteiger partial charge in [-0.25, -0.2) is 0 Å². The fraction of sp³-hybridized carbons (Fsp3) is 1.00. The van der Waals surface area contributed by atoms with Crippen LogP contribution in [0.5, 0.6) is 0 Å². The van der Waals surface area contributed by atoms with E-state index in [-0.39, 0.29) is 0 Å². The first-order chi connectivity index (χ1) is 6.86. The van der Waals surface area contributed by atoms with Crippen LogP contribution < -0.4 is 5.32 Å². The van der Waals surface area contributed by atoms with Gasteiger partial charge in [-0.1, -0.05) is 0 Å². The molecule has 82 valence electrons. The SMILES string of the molecule is CN1CCN(C2CCCNCC2)CC1. The minimum absolute atomic E-state index is 0.860. The molecule has 2 heterocycles. The van der Waals surface area contributed by atoms with Crippen LogP contribution in [0.2, 0.25) is 0 Å². The molecule has 0 amide bonds. The van der Waals surface area contributed by atoms with Crippen LogP contribution in [0, 0.1) is 0 Å². The molecule has 2 aliphatic heterocycles. The van der Waals surface area contributed by atoms with Crippen LogP contribution >= 0.6 is 0 Å². The van der Waals surface area contributed by atoms with E-state index >= 15 is 0 Å². The highest BCUT2D eigenvalue weighted by molar-refractivity contribution is 4.79. The van der Waals surface area contributed by atoms with Gasteiger partial charge in [-0.15, -0.1) is 0 Å². The Balaban J connectivity index is 1.81. The molecule has 0 radical (unpaired) electrons. The van der Waals surface area contributed by atoms with Crippen molar-refractivity contribution in [3.05, 3.63) is 0 Å². The lowest BCUT2D eigenvalue weighted by molar-refractivity contribution is 0.105. The van der Waals surface area contributed by atoms with Crippen LogP contribution in [0.1, 0.15) is 19.3 Å². The molecule has 2 aliphatic rings. The van der Waals surface area contributed by atoms with Crippen LogP contribution in [0.25, 0.3) is 0 Å². The lowest BCUT2D eigenvalue weighted by Crippen LogP contribution is -2.49. The first-order valence-corrected chi connectivity index (χ1v) is 5.99. The van der Waals surface area contributed by atoms with Crippen molar-refractivity contribution in [2.75, 3.05) is 46.3 Å². The van der Waals surface area contributed by atoms with E-state index in [0.717, 1.165) is 6.04 Å². The number of likely N-dealkylation sites (N-methyl/N-ethyl adjacent to an activating group) is 1. The zero-order chi connectivity index (χ0) is 9.80. The van der Waals surface area contributed by atoms with Gasteiger partial charge in [-0.2, -0.15) is 0 Å². The summed E-state index contributed by atoms with van der Waals surface area (Å²) in [5.74, 6) is 0. The fourth-order valence-electron chi connectivity index (χ4n) is 2.55. The smallest absolute Gasteiger partial charge is 0.0113 e. The van der Waals surface area contributed by atoms with Gasteiger partial charge >= 0.3 is 0 Å².